The summed E-state index contributed by atoms with van der Waals surface area (Å²) in [5.74, 6) is 0. The highest BCUT2D eigenvalue weighted by Crippen LogP contribution is 2.38. The van der Waals surface area contributed by atoms with Crippen LogP contribution in [0.4, 0.5) is 0 Å². The van der Waals surface area contributed by atoms with Crippen molar-refractivity contribution in [3.63, 3.8) is 0 Å². The van der Waals surface area contributed by atoms with Gasteiger partial charge in [0.25, 0.3) is 0 Å². The Bertz CT molecular complexity index is 194. The Morgan fingerprint density at radius 2 is 1.71 bits per heavy atom. The minimum absolute atomic E-state index is 0.0287. The maximum absolute atomic E-state index is 6.02. The van der Waals surface area contributed by atoms with Crippen molar-refractivity contribution in [2.75, 3.05) is 19.7 Å². The highest BCUT2D eigenvalue weighted by molar-refractivity contribution is 4.89. The molecule has 1 saturated carbocycles. The highest BCUT2D eigenvalue weighted by Gasteiger charge is 2.36. The fraction of sp³-hybridized carbons (Fsp3) is 1.00. The third kappa shape index (κ3) is 2.29. The monoisotopic (exact) mass is 197 g/mol. The third-order valence-electron chi connectivity index (χ3n) is 3.73. The molecule has 0 aromatic carbocycles. The first-order chi connectivity index (χ1) is 6.62. The van der Waals surface area contributed by atoms with Crippen LogP contribution in [0.3, 0.4) is 0 Å². The standard InChI is InChI=1S/C12H23NO/c1-11(2)8-13-9-12(10-14-11)6-4-3-5-7-12/h13H,3-10H2,1-2H3. The van der Waals surface area contributed by atoms with Gasteiger partial charge in [0.2, 0.25) is 0 Å². The molecule has 0 bridgehead atoms. The van der Waals surface area contributed by atoms with Crippen molar-refractivity contribution >= 4 is 0 Å². The van der Waals surface area contributed by atoms with Crippen LogP contribution in [0.2, 0.25) is 0 Å². The van der Waals surface area contributed by atoms with Gasteiger partial charge in [0, 0.05) is 18.5 Å². The summed E-state index contributed by atoms with van der Waals surface area (Å²) in [6.07, 6.45) is 6.92. The van der Waals surface area contributed by atoms with Gasteiger partial charge in [-0.1, -0.05) is 19.3 Å². The number of hydrogen-bond acceptors (Lipinski definition) is 2. The summed E-state index contributed by atoms with van der Waals surface area (Å²) in [5.41, 5.74) is 0.493. The van der Waals surface area contributed by atoms with Crippen LogP contribution in [0, 0.1) is 5.41 Å². The highest BCUT2D eigenvalue weighted by atomic mass is 16.5. The first-order valence-corrected chi connectivity index (χ1v) is 5.97. The molecule has 0 amide bonds. The zero-order valence-corrected chi connectivity index (χ0v) is 9.57. The first kappa shape index (κ1) is 10.4. The van der Waals surface area contributed by atoms with E-state index in [1.807, 2.05) is 0 Å². The van der Waals surface area contributed by atoms with E-state index in [4.69, 9.17) is 4.74 Å². The van der Waals surface area contributed by atoms with Gasteiger partial charge < -0.3 is 10.1 Å². The Labute approximate surface area is 87.4 Å². The molecule has 2 aliphatic rings. The van der Waals surface area contributed by atoms with Crippen LogP contribution in [-0.2, 0) is 4.74 Å². The summed E-state index contributed by atoms with van der Waals surface area (Å²) in [7, 11) is 0. The van der Waals surface area contributed by atoms with Gasteiger partial charge in [-0.25, -0.2) is 0 Å². The van der Waals surface area contributed by atoms with Crippen molar-refractivity contribution in [2.45, 2.75) is 51.6 Å². The molecule has 82 valence electrons. The lowest BCUT2D eigenvalue weighted by molar-refractivity contribution is -0.0489. The van der Waals surface area contributed by atoms with Gasteiger partial charge in [0.05, 0.1) is 12.2 Å². The van der Waals surface area contributed by atoms with E-state index < -0.39 is 0 Å². The molecule has 1 saturated heterocycles. The summed E-state index contributed by atoms with van der Waals surface area (Å²) < 4.78 is 6.02. The lowest BCUT2D eigenvalue weighted by Gasteiger charge is -2.36. The lowest BCUT2D eigenvalue weighted by Crippen LogP contribution is -2.37. The fourth-order valence-electron chi connectivity index (χ4n) is 2.70. The van der Waals surface area contributed by atoms with E-state index in [1.54, 1.807) is 0 Å². The molecule has 0 aromatic heterocycles. The molecule has 0 atom stereocenters. The van der Waals surface area contributed by atoms with Crippen LogP contribution < -0.4 is 5.32 Å². The number of nitrogens with one attached hydrogen (secondary N) is 1. The molecule has 1 heterocycles. The molecule has 2 rings (SSSR count). The zero-order chi connectivity index (χ0) is 10.1. The Kier molecular flexibility index (Phi) is 2.85. The van der Waals surface area contributed by atoms with Gasteiger partial charge >= 0.3 is 0 Å². The zero-order valence-electron chi connectivity index (χ0n) is 9.57. The minimum Gasteiger partial charge on any atom is -0.374 e. The third-order valence-corrected chi connectivity index (χ3v) is 3.73. The Morgan fingerprint density at radius 1 is 1.00 bits per heavy atom. The minimum atomic E-state index is 0.0287. The van der Waals surface area contributed by atoms with Crippen LogP contribution in [0.25, 0.3) is 0 Å². The van der Waals surface area contributed by atoms with E-state index in [2.05, 4.69) is 19.2 Å². The van der Waals surface area contributed by atoms with Crippen LogP contribution >= 0.6 is 0 Å². The van der Waals surface area contributed by atoms with Gasteiger partial charge in [0.15, 0.2) is 0 Å². The summed E-state index contributed by atoms with van der Waals surface area (Å²) in [6.45, 7) is 7.49. The predicted molar refractivity (Wildman–Crippen MR) is 58.4 cm³/mol. The second kappa shape index (κ2) is 3.82. The van der Waals surface area contributed by atoms with E-state index in [0.29, 0.717) is 5.41 Å². The second-order valence-corrected chi connectivity index (χ2v) is 5.71. The van der Waals surface area contributed by atoms with Crippen molar-refractivity contribution < 1.29 is 4.74 Å². The average Bonchev–Trinajstić information content (AvgIpc) is 2.29. The molecule has 1 aliphatic heterocycles. The van der Waals surface area contributed by atoms with Gasteiger partial charge in [-0.05, 0) is 26.7 Å². The second-order valence-electron chi connectivity index (χ2n) is 5.71. The predicted octanol–water partition coefficient (Wildman–Crippen LogP) is 2.34. The van der Waals surface area contributed by atoms with Crippen LogP contribution in [0.15, 0.2) is 0 Å². The van der Waals surface area contributed by atoms with E-state index >= 15 is 0 Å². The molecule has 2 fully saturated rings. The molecular formula is C12H23NO. The van der Waals surface area contributed by atoms with Crippen molar-refractivity contribution in [2.24, 2.45) is 5.41 Å². The van der Waals surface area contributed by atoms with E-state index in [0.717, 1.165) is 19.7 Å². The lowest BCUT2D eigenvalue weighted by atomic mass is 9.74. The molecule has 0 radical (unpaired) electrons. The van der Waals surface area contributed by atoms with Crippen LogP contribution in [-0.4, -0.2) is 25.3 Å². The van der Waals surface area contributed by atoms with Crippen molar-refractivity contribution in [1.82, 2.24) is 5.32 Å². The van der Waals surface area contributed by atoms with Crippen LogP contribution in [0.5, 0.6) is 0 Å². The molecule has 2 nitrogen and oxygen atoms in total. The smallest absolute Gasteiger partial charge is 0.0750 e. The summed E-state index contributed by atoms with van der Waals surface area (Å²) >= 11 is 0. The average molecular weight is 197 g/mol. The normalized spacial score (nSPS) is 31.3. The van der Waals surface area contributed by atoms with Gasteiger partial charge in [-0.3, -0.25) is 0 Å². The number of rotatable bonds is 0. The fourth-order valence-corrected chi connectivity index (χ4v) is 2.70. The molecule has 1 spiro atoms. The van der Waals surface area contributed by atoms with Gasteiger partial charge in [0.1, 0.15) is 0 Å². The largest absolute Gasteiger partial charge is 0.374 e. The number of ether oxygens (including phenoxy) is 1. The van der Waals surface area contributed by atoms with E-state index in [-0.39, 0.29) is 5.60 Å². The first-order valence-electron chi connectivity index (χ1n) is 5.97. The SMILES string of the molecule is CC1(C)CNCC2(CCCCC2)CO1. The molecule has 2 heteroatoms. The van der Waals surface area contributed by atoms with Crippen molar-refractivity contribution in [3.8, 4) is 0 Å². The summed E-state index contributed by atoms with van der Waals surface area (Å²) in [6, 6.07) is 0. The van der Waals surface area contributed by atoms with Gasteiger partial charge in [-0.15, -0.1) is 0 Å². The summed E-state index contributed by atoms with van der Waals surface area (Å²) in [5, 5.41) is 3.57. The van der Waals surface area contributed by atoms with E-state index in [1.165, 1.54) is 32.1 Å². The molecule has 0 aromatic rings. The quantitative estimate of drug-likeness (QED) is 0.643. The maximum Gasteiger partial charge on any atom is 0.0750 e. The Morgan fingerprint density at radius 3 is 2.43 bits per heavy atom. The van der Waals surface area contributed by atoms with E-state index in [9.17, 15) is 0 Å². The van der Waals surface area contributed by atoms with Crippen molar-refractivity contribution in [1.29, 1.82) is 0 Å². The number of hydrogen-bond donors (Lipinski definition) is 1. The van der Waals surface area contributed by atoms with Crippen molar-refractivity contribution in [3.05, 3.63) is 0 Å². The molecule has 1 aliphatic carbocycles. The van der Waals surface area contributed by atoms with Crippen LogP contribution in [0.1, 0.15) is 46.0 Å². The molecule has 1 N–H and O–H groups in total. The van der Waals surface area contributed by atoms with Gasteiger partial charge in [-0.2, -0.15) is 0 Å². The molecule has 14 heavy (non-hydrogen) atoms. The topological polar surface area (TPSA) is 21.3 Å². The summed E-state index contributed by atoms with van der Waals surface area (Å²) in [4.78, 5) is 0. The molecule has 0 unspecified atom stereocenters. The maximum atomic E-state index is 6.02. The Balaban J connectivity index is 1.99. The molecular weight excluding hydrogens is 174 g/mol. The Hall–Kier alpha value is -0.0800.